The Morgan fingerprint density at radius 3 is 2.57 bits per heavy atom. The second kappa shape index (κ2) is 9.51. The van der Waals surface area contributed by atoms with Gasteiger partial charge < -0.3 is 9.32 Å². The number of anilines is 1. The van der Waals surface area contributed by atoms with Crippen molar-refractivity contribution in [2.45, 2.75) is 56.2 Å². The van der Waals surface area contributed by atoms with Crippen molar-refractivity contribution in [2.75, 3.05) is 22.2 Å². The third-order valence-electron chi connectivity index (χ3n) is 5.80. The highest BCUT2D eigenvalue weighted by Gasteiger charge is 2.30. The number of amides is 1. The minimum Gasteiger partial charge on any atom is -0.416 e. The summed E-state index contributed by atoms with van der Waals surface area (Å²) in [6.07, 6.45) is 6.70. The van der Waals surface area contributed by atoms with Crippen LogP contribution in [-0.4, -0.2) is 47.8 Å². The molecule has 1 aromatic heterocycles. The zero-order chi connectivity index (χ0) is 21.0. The van der Waals surface area contributed by atoms with Gasteiger partial charge in [-0.25, -0.2) is 8.42 Å². The molecule has 0 N–H and O–H groups in total. The monoisotopic (exact) mass is 449 g/mol. The molecule has 0 radical (unpaired) electrons. The summed E-state index contributed by atoms with van der Waals surface area (Å²) in [6, 6.07) is 10.1. The van der Waals surface area contributed by atoms with E-state index in [1.165, 1.54) is 18.2 Å². The van der Waals surface area contributed by atoms with E-state index in [-0.39, 0.29) is 35.1 Å². The Labute approximate surface area is 181 Å². The van der Waals surface area contributed by atoms with Crippen LogP contribution in [0, 0.1) is 5.92 Å². The average Bonchev–Trinajstić information content (AvgIpc) is 3.34. The molecule has 2 heterocycles. The van der Waals surface area contributed by atoms with Crippen molar-refractivity contribution in [3.05, 3.63) is 36.2 Å². The van der Waals surface area contributed by atoms with Crippen molar-refractivity contribution in [3.8, 4) is 0 Å². The Balaban J connectivity index is 1.37. The molecule has 0 spiro atoms. The summed E-state index contributed by atoms with van der Waals surface area (Å²) >= 11 is 1.24. The number of para-hydroxylation sites is 1. The van der Waals surface area contributed by atoms with E-state index < -0.39 is 9.84 Å². The van der Waals surface area contributed by atoms with Crippen LogP contribution in [0.5, 0.6) is 0 Å². The summed E-state index contributed by atoms with van der Waals surface area (Å²) in [5.41, 5.74) is 0.934. The molecule has 2 aromatic rings. The molecule has 1 atom stereocenters. The number of hydrogen-bond acceptors (Lipinski definition) is 7. The van der Waals surface area contributed by atoms with Crippen LogP contribution in [0.2, 0.25) is 0 Å². The van der Waals surface area contributed by atoms with E-state index in [0.717, 1.165) is 31.4 Å². The van der Waals surface area contributed by atoms with E-state index >= 15 is 0 Å². The van der Waals surface area contributed by atoms with Crippen LogP contribution in [0.3, 0.4) is 0 Å². The van der Waals surface area contributed by atoms with E-state index in [2.05, 4.69) is 10.2 Å². The number of nitrogens with zero attached hydrogens (tertiary/aromatic N) is 3. The fraction of sp³-hybridized carbons (Fsp3) is 0.571. The molecule has 0 bridgehead atoms. The lowest BCUT2D eigenvalue weighted by molar-refractivity contribution is -0.116. The van der Waals surface area contributed by atoms with Gasteiger partial charge in [0.05, 0.1) is 17.3 Å². The second-order valence-electron chi connectivity index (χ2n) is 8.11. The third kappa shape index (κ3) is 5.43. The van der Waals surface area contributed by atoms with E-state index in [1.54, 1.807) is 0 Å². The molecule has 9 heteroatoms. The fourth-order valence-electron chi connectivity index (χ4n) is 4.34. The molecule has 7 nitrogen and oxygen atoms in total. The van der Waals surface area contributed by atoms with Gasteiger partial charge >= 0.3 is 0 Å². The summed E-state index contributed by atoms with van der Waals surface area (Å²) in [4.78, 5) is 15.1. The predicted molar refractivity (Wildman–Crippen MR) is 116 cm³/mol. The van der Waals surface area contributed by atoms with E-state index in [4.69, 9.17) is 4.42 Å². The molecule has 1 amide bonds. The molecule has 1 aliphatic carbocycles. The van der Waals surface area contributed by atoms with Crippen molar-refractivity contribution in [1.29, 1.82) is 0 Å². The second-order valence-corrected chi connectivity index (χ2v) is 11.3. The molecule has 2 aliphatic rings. The van der Waals surface area contributed by atoms with Crippen LogP contribution in [0.25, 0.3) is 0 Å². The number of sulfone groups is 1. The van der Waals surface area contributed by atoms with Crippen molar-refractivity contribution >= 4 is 33.2 Å². The first-order chi connectivity index (χ1) is 14.5. The molecular weight excluding hydrogens is 422 g/mol. The summed E-state index contributed by atoms with van der Waals surface area (Å²) in [7, 11) is -2.92. The summed E-state index contributed by atoms with van der Waals surface area (Å²) < 4.78 is 28.9. The normalized spacial score (nSPS) is 21.5. The SMILES string of the molecule is O=C(CSc1nnc(C[C@H]2CCS(=O)(=O)C2)o1)N(c1ccccc1)C1CCCCC1. The zero-order valence-corrected chi connectivity index (χ0v) is 18.5. The molecule has 4 rings (SSSR count). The Kier molecular flexibility index (Phi) is 6.77. The maximum atomic E-state index is 13.1. The number of rotatable bonds is 7. The number of hydrogen-bond donors (Lipinski definition) is 0. The van der Waals surface area contributed by atoms with Gasteiger partial charge in [-0.15, -0.1) is 10.2 Å². The molecule has 1 aliphatic heterocycles. The average molecular weight is 450 g/mol. The molecule has 1 saturated heterocycles. The number of carbonyl (C=O) groups is 1. The first-order valence-corrected chi connectivity index (χ1v) is 13.3. The smallest absolute Gasteiger partial charge is 0.277 e. The van der Waals surface area contributed by atoms with Gasteiger partial charge in [0.2, 0.25) is 11.8 Å². The van der Waals surface area contributed by atoms with Crippen LogP contribution in [0.4, 0.5) is 5.69 Å². The first-order valence-electron chi connectivity index (χ1n) is 10.5. The Morgan fingerprint density at radius 1 is 1.10 bits per heavy atom. The molecule has 162 valence electrons. The molecular formula is C21H27N3O4S2. The van der Waals surface area contributed by atoms with Gasteiger partial charge in [-0.3, -0.25) is 4.79 Å². The molecule has 2 fully saturated rings. The Bertz CT molecular complexity index is 956. The highest BCUT2D eigenvalue weighted by molar-refractivity contribution is 7.99. The zero-order valence-electron chi connectivity index (χ0n) is 16.9. The van der Waals surface area contributed by atoms with Gasteiger partial charge in [0.15, 0.2) is 9.84 Å². The van der Waals surface area contributed by atoms with E-state index in [0.29, 0.717) is 24.0 Å². The summed E-state index contributed by atoms with van der Waals surface area (Å²) in [5, 5.41) is 8.44. The van der Waals surface area contributed by atoms with Crippen LogP contribution in [-0.2, 0) is 21.1 Å². The number of benzene rings is 1. The van der Waals surface area contributed by atoms with E-state index in [9.17, 15) is 13.2 Å². The Hall–Kier alpha value is -1.87. The molecule has 30 heavy (non-hydrogen) atoms. The maximum absolute atomic E-state index is 13.1. The van der Waals surface area contributed by atoms with E-state index in [1.807, 2.05) is 35.2 Å². The van der Waals surface area contributed by atoms with Gasteiger partial charge in [-0.05, 0) is 37.3 Å². The van der Waals surface area contributed by atoms with Crippen LogP contribution >= 0.6 is 11.8 Å². The number of aromatic nitrogens is 2. The topological polar surface area (TPSA) is 93.4 Å². The highest BCUT2D eigenvalue weighted by atomic mass is 32.2. The van der Waals surface area contributed by atoms with Gasteiger partial charge in [0.25, 0.3) is 5.22 Å². The molecule has 0 unspecified atom stereocenters. The highest BCUT2D eigenvalue weighted by Crippen LogP contribution is 2.29. The van der Waals surface area contributed by atoms with Crippen molar-refractivity contribution in [1.82, 2.24) is 10.2 Å². The van der Waals surface area contributed by atoms with Crippen molar-refractivity contribution < 1.29 is 17.6 Å². The van der Waals surface area contributed by atoms with Gasteiger partial charge in [-0.2, -0.15) is 0 Å². The van der Waals surface area contributed by atoms with Gasteiger partial charge in [0, 0.05) is 18.2 Å². The minimum atomic E-state index is -2.92. The standard InChI is InChI=1S/C21H27N3O4S2/c25-20(24(17-7-3-1-4-8-17)18-9-5-2-6-10-18)14-29-21-23-22-19(28-21)13-16-11-12-30(26,27)15-16/h1,3-4,7-8,16,18H,2,5-6,9-15H2/t16-/m1/s1. The quantitative estimate of drug-likeness (QED) is 0.597. The minimum absolute atomic E-state index is 0.0369. The van der Waals surface area contributed by atoms with Crippen LogP contribution in [0.1, 0.15) is 44.4 Å². The number of thioether (sulfide) groups is 1. The molecule has 1 aromatic carbocycles. The first kappa shape index (κ1) is 21.4. The predicted octanol–water partition coefficient (Wildman–Crippen LogP) is 3.50. The lowest BCUT2D eigenvalue weighted by atomic mass is 9.93. The Morgan fingerprint density at radius 2 is 1.87 bits per heavy atom. The lowest BCUT2D eigenvalue weighted by Crippen LogP contribution is -2.42. The number of carbonyl (C=O) groups excluding carboxylic acids is 1. The van der Waals surface area contributed by atoms with Crippen LogP contribution < -0.4 is 4.90 Å². The summed E-state index contributed by atoms with van der Waals surface area (Å²) in [5.74, 6) is 1.17. The van der Waals surface area contributed by atoms with Crippen molar-refractivity contribution in [2.24, 2.45) is 5.92 Å². The maximum Gasteiger partial charge on any atom is 0.277 e. The fourth-order valence-corrected chi connectivity index (χ4v) is 6.84. The lowest BCUT2D eigenvalue weighted by Gasteiger charge is -2.34. The largest absolute Gasteiger partial charge is 0.416 e. The summed E-state index contributed by atoms with van der Waals surface area (Å²) in [6.45, 7) is 0. The molecule has 1 saturated carbocycles. The third-order valence-corrected chi connectivity index (χ3v) is 8.44. The van der Waals surface area contributed by atoms with Gasteiger partial charge in [0.1, 0.15) is 0 Å². The van der Waals surface area contributed by atoms with Gasteiger partial charge in [-0.1, -0.05) is 49.2 Å². The van der Waals surface area contributed by atoms with Crippen molar-refractivity contribution in [3.63, 3.8) is 0 Å². The van der Waals surface area contributed by atoms with Crippen LogP contribution in [0.15, 0.2) is 40.0 Å².